The van der Waals surface area contributed by atoms with E-state index in [1.165, 1.54) is 0 Å². The van der Waals surface area contributed by atoms with Crippen LogP contribution in [0.15, 0.2) is 12.7 Å². The largest absolute Gasteiger partial charge is 0.459 e. The van der Waals surface area contributed by atoms with Crippen LogP contribution in [0.1, 0.15) is 33.1 Å². The second-order valence-electron chi connectivity index (χ2n) is 5.74. The molecule has 2 rings (SSSR count). The summed E-state index contributed by atoms with van der Waals surface area (Å²) >= 11 is 0. The zero-order valence-corrected chi connectivity index (χ0v) is 11.6. The second kappa shape index (κ2) is 5.26. The molecule has 0 N–H and O–H groups in total. The number of cyclic esters (lactones) is 1. The summed E-state index contributed by atoms with van der Waals surface area (Å²) < 4.78 is 15.2. The van der Waals surface area contributed by atoms with Gasteiger partial charge in [-0.25, -0.2) is 9.59 Å². The van der Waals surface area contributed by atoms with Crippen LogP contribution in [0.5, 0.6) is 0 Å². The summed E-state index contributed by atoms with van der Waals surface area (Å²) in [7, 11) is 0. The van der Waals surface area contributed by atoms with Crippen molar-refractivity contribution >= 4 is 17.9 Å². The van der Waals surface area contributed by atoms with E-state index in [9.17, 15) is 14.4 Å². The van der Waals surface area contributed by atoms with Crippen LogP contribution in [0, 0.1) is 5.92 Å². The van der Waals surface area contributed by atoms with Crippen molar-refractivity contribution in [3.05, 3.63) is 12.7 Å². The quantitative estimate of drug-likeness (QED) is 0.437. The van der Waals surface area contributed by atoms with Crippen molar-refractivity contribution in [1.82, 2.24) is 0 Å². The van der Waals surface area contributed by atoms with Gasteiger partial charge in [-0.1, -0.05) is 6.58 Å². The summed E-state index contributed by atoms with van der Waals surface area (Å²) in [6.45, 7) is 6.84. The van der Waals surface area contributed by atoms with Gasteiger partial charge in [0.2, 0.25) is 6.10 Å². The van der Waals surface area contributed by atoms with Crippen molar-refractivity contribution in [2.45, 2.75) is 50.9 Å². The molecule has 1 saturated carbocycles. The summed E-state index contributed by atoms with van der Waals surface area (Å²) in [5, 5.41) is 0. The van der Waals surface area contributed by atoms with E-state index in [1.54, 1.807) is 13.8 Å². The Labute approximate surface area is 117 Å². The molecule has 0 aromatic carbocycles. The number of ether oxygens (including phenoxy) is 3. The third kappa shape index (κ3) is 3.18. The summed E-state index contributed by atoms with van der Waals surface area (Å²) in [5.41, 5.74) is -0.594. The zero-order chi connectivity index (χ0) is 14.9. The van der Waals surface area contributed by atoms with E-state index >= 15 is 0 Å². The lowest BCUT2D eigenvalue weighted by molar-refractivity contribution is -0.172. The van der Waals surface area contributed by atoms with Crippen molar-refractivity contribution in [2.24, 2.45) is 5.92 Å². The van der Waals surface area contributed by atoms with E-state index in [4.69, 9.17) is 14.2 Å². The van der Waals surface area contributed by atoms with Crippen molar-refractivity contribution in [3.8, 4) is 0 Å². The molecule has 1 saturated heterocycles. The van der Waals surface area contributed by atoms with E-state index in [1.807, 2.05) is 0 Å². The lowest BCUT2D eigenvalue weighted by Crippen LogP contribution is -2.40. The molecular formula is C14H18O6. The summed E-state index contributed by atoms with van der Waals surface area (Å²) in [5.74, 6) is -1.76. The minimum atomic E-state index is -0.827. The Kier molecular flexibility index (Phi) is 3.83. The molecule has 6 heteroatoms. The van der Waals surface area contributed by atoms with Gasteiger partial charge in [0.1, 0.15) is 11.7 Å². The fourth-order valence-electron chi connectivity index (χ4n) is 2.30. The third-order valence-corrected chi connectivity index (χ3v) is 3.45. The number of rotatable bonds is 4. The van der Waals surface area contributed by atoms with Crippen molar-refractivity contribution in [3.63, 3.8) is 0 Å². The summed E-state index contributed by atoms with van der Waals surface area (Å²) in [4.78, 5) is 34.3. The van der Waals surface area contributed by atoms with Crippen LogP contribution in [-0.2, 0) is 28.6 Å². The van der Waals surface area contributed by atoms with Gasteiger partial charge in [-0.2, -0.15) is 0 Å². The molecule has 20 heavy (non-hydrogen) atoms. The van der Waals surface area contributed by atoms with Gasteiger partial charge >= 0.3 is 17.9 Å². The van der Waals surface area contributed by atoms with E-state index < -0.39 is 29.6 Å². The van der Waals surface area contributed by atoms with Crippen LogP contribution in [0.2, 0.25) is 0 Å². The Balaban J connectivity index is 1.76. The Morgan fingerprint density at radius 3 is 2.50 bits per heavy atom. The van der Waals surface area contributed by atoms with Gasteiger partial charge in [-0.15, -0.1) is 0 Å². The highest BCUT2D eigenvalue weighted by Gasteiger charge is 2.45. The molecule has 1 unspecified atom stereocenters. The number of carbonyl (C=O) groups excluding carboxylic acids is 3. The molecular weight excluding hydrogens is 264 g/mol. The van der Waals surface area contributed by atoms with E-state index in [0.717, 1.165) is 6.08 Å². The molecule has 2 fully saturated rings. The maximum Gasteiger partial charge on any atom is 0.348 e. The molecule has 110 valence electrons. The van der Waals surface area contributed by atoms with Crippen LogP contribution < -0.4 is 0 Å². The maximum atomic E-state index is 11.8. The average molecular weight is 282 g/mol. The Bertz CT molecular complexity index is 447. The SMILES string of the molecule is C=CC(=O)OC1CC(C(=O)OC2CC(C)(C)OC2=O)C1. The molecule has 0 aromatic heterocycles. The smallest absolute Gasteiger partial charge is 0.348 e. The molecule has 0 aromatic rings. The van der Waals surface area contributed by atoms with E-state index in [2.05, 4.69) is 6.58 Å². The predicted octanol–water partition coefficient (Wildman–Crippen LogP) is 1.13. The highest BCUT2D eigenvalue weighted by Crippen LogP contribution is 2.34. The standard InChI is InChI=1S/C14H18O6/c1-4-11(15)18-9-5-8(6-9)12(16)19-10-7-14(2,3)20-13(10)17/h4,8-10H,1,5-7H2,2-3H3. The second-order valence-corrected chi connectivity index (χ2v) is 5.74. The van der Waals surface area contributed by atoms with Gasteiger partial charge in [0.25, 0.3) is 0 Å². The molecule has 1 atom stereocenters. The first kappa shape index (κ1) is 14.6. The molecule has 0 spiro atoms. The van der Waals surface area contributed by atoms with Crippen LogP contribution in [0.25, 0.3) is 0 Å². The topological polar surface area (TPSA) is 78.9 Å². The Hall–Kier alpha value is -1.85. The van der Waals surface area contributed by atoms with Crippen LogP contribution in [-0.4, -0.2) is 35.7 Å². The monoisotopic (exact) mass is 282 g/mol. The van der Waals surface area contributed by atoms with Crippen molar-refractivity contribution in [1.29, 1.82) is 0 Å². The Morgan fingerprint density at radius 2 is 2.00 bits per heavy atom. The number of esters is 3. The lowest BCUT2D eigenvalue weighted by Gasteiger charge is -2.32. The lowest BCUT2D eigenvalue weighted by atomic mass is 9.82. The van der Waals surface area contributed by atoms with Gasteiger partial charge in [0, 0.05) is 12.5 Å². The molecule has 6 nitrogen and oxygen atoms in total. The first-order valence-corrected chi connectivity index (χ1v) is 6.57. The molecule has 2 aliphatic rings. The van der Waals surface area contributed by atoms with Crippen molar-refractivity contribution < 1.29 is 28.6 Å². The van der Waals surface area contributed by atoms with Crippen LogP contribution >= 0.6 is 0 Å². The Morgan fingerprint density at radius 1 is 1.35 bits per heavy atom. The van der Waals surface area contributed by atoms with Crippen LogP contribution in [0.4, 0.5) is 0 Å². The molecule has 1 aliphatic heterocycles. The molecule has 0 amide bonds. The minimum absolute atomic E-state index is 0.273. The average Bonchev–Trinajstić information content (AvgIpc) is 2.55. The van der Waals surface area contributed by atoms with E-state index in [0.29, 0.717) is 19.3 Å². The number of carbonyl (C=O) groups is 3. The fourth-order valence-corrected chi connectivity index (χ4v) is 2.30. The number of hydrogen-bond acceptors (Lipinski definition) is 6. The first-order valence-electron chi connectivity index (χ1n) is 6.57. The predicted molar refractivity (Wildman–Crippen MR) is 67.5 cm³/mol. The highest BCUT2D eigenvalue weighted by molar-refractivity contribution is 5.83. The van der Waals surface area contributed by atoms with Gasteiger partial charge in [-0.3, -0.25) is 4.79 Å². The van der Waals surface area contributed by atoms with E-state index in [-0.39, 0.29) is 12.0 Å². The first-order chi connectivity index (χ1) is 9.30. The van der Waals surface area contributed by atoms with Crippen molar-refractivity contribution in [2.75, 3.05) is 0 Å². The maximum absolute atomic E-state index is 11.8. The van der Waals surface area contributed by atoms with Crippen LogP contribution in [0.3, 0.4) is 0 Å². The zero-order valence-electron chi connectivity index (χ0n) is 11.6. The summed E-state index contributed by atoms with van der Waals surface area (Å²) in [6.07, 6.45) is 1.19. The van der Waals surface area contributed by atoms with Gasteiger partial charge in [-0.05, 0) is 26.7 Å². The normalized spacial score (nSPS) is 30.9. The number of hydrogen-bond donors (Lipinski definition) is 0. The summed E-state index contributed by atoms with van der Waals surface area (Å²) in [6, 6.07) is 0. The molecule has 0 radical (unpaired) electrons. The minimum Gasteiger partial charge on any atom is -0.459 e. The molecule has 0 bridgehead atoms. The van der Waals surface area contributed by atoms with Gasteiger partial charge in [0.05, 0.1) is 5.92 Å². The van der Waals surface area contributed by atoms with Gasteiger partial charge in [0.15, 0.2) is 0 Å². The molecule has 1 heterocycles. The van der Waals surface area contributed by atoms with Gasteiger partial charge < -0.3 is 14.2 Å². The highest BCUT2D eigenvalue weighted by atomic mass is 16.6. The third-order valence-electron chi connectivity index (χ3n) is 3.45. The fraction of sp³-hybridized carbons (Fsp3) is 0.643. The molecule has 1 aliphatic carbocycles.